The second kappa shape index (κ2) is 7.76. The summed E-state index contributed by atoms with van der Waals surface area (Å²) in [6.07, 6.45) is 0. The fourth-order valence-electron chi connectivity index (χ4n) is 4.17. The maximum absolute atomic E-state index is 12.8. The molecule has 1 N–H and O–H groups in total. The molecule has 6 heteroatoms. The first-order valence-electron chi connectivity index (χ1n) is 9.39. The number of carbonyl (C=O) groups is 2. The topological polar surface area (TPSA) is 64.1 Å². The molecule has 1 heterocycles. The van der Waals surface area contributed by atoms with E-state index >= 15 is 0 Å². The normalized spacial score (nSPS) is 24.5. The Morgan fingerprint density at radius 3 is 2.38 bits per heavy atom. The highest BCUT2D eigenvalue weighted by Gasteiger charge is 2.59. The van der Waals surface area contributed by atoms with Gasteiger partial charge in [0.1, 0.15) is 0 Å². The standard InChI is InChI=1S/C20H29N3O3/c1-4-23(10-9-21(2)3)19(24)18-16-12-22(13-17(16)18)11-14-7-5-6-8-15(14)20(25)26/h5-8,16-18H,4,9-13H2,1-3H3,(H,25,26)/t16-,17+,18?. The van der Waals surface area contributed by atoms with Gasteiger partial charge in [-0.1, -0.05) is 18.2 Å². The van der Waals surface area contributed by atoms with Crippen LogP contribution in [0.25, 0.3) is 0 Å². The summed E-state index contributed by atoms with van der Waals surface area (Å²) in [5.41, 5.74) is 1.23. The lowest BCUT2D eigenvalue weighted by molar-refractivity contribution is -0.133. The summed E-state index contributed by atoms with van der Waals surface area (Å²) in [4.78, 5) is 30.5. The first-order chi connectivity index (χ1) is 12.4. The number of rotatable bonds is 8. The maximum Gasteiger partial charge on any atom is 0.336 e. The SMILES string of the molecule is CCN(CCN(C)C)C(=O)C1[C@H]2CN(Cc3ccccc3C(=O)O)C[C@@H]12. The number of hydrogen-bond acceptors (Lipinski definition) is 4. The van der Waals surface area contributed by atoms with Crippen LogP contribution in [-0.4, -0.2) is 78.5 Å². The summed E-state index contributed by atoms with van der Waals surface area (Å²) in [6.45, 7) is 6.90. The minimum atomic E-state index is -0.877. The molecule has 1 amide bonds. The summed E-state index contributed by atoms with van der Waals surface area (Å²) < 4.78 is 0. The van der Waals surface area contributed by atoms with Gasteiger partial charge in [-0.15, -0.1) is 0 Å². The van der Waals surface area contributed by atoms with Crippen LogP contribution in [0.3, 0.4) is 0 Å². The number of fused-ring (bicyclic) bond motifs is 1. The van der Waals surface area contributed by atoms with Crippen LogP contribution in [0.5, 0.6) is 0 Å². The predicted molar refractivity (Wildman–Crippen MR) is 100.0 cm³/mol. The van der Waals surface area contributed by atoms with Crippen LogP contribution in [0.1, 0.15) is 22.8 Å². The first-order valence-corrected chi connectivity index (χ1v) is 9.39. The number of likely N-dealkylation sites (N-methyl/N-ethyl adjacent to an activating group) is 2. The average Bonchev–Trinajstić information content (AvgIpc) is 3.10. The summed E-state index contributed by atoms with van der Waals surface area (Å²) in [5, 5.41) is 9.32. The molecule has 3 atom stereocenters. The van der Waals surface area contributed by atoms with Crippen LogP contribution >= 0.6 is 0 Å². The molecule has 142 valence electrons. The second-order valence-electron chi connectivity index (χ2n) is 7.73. The van der Waals surface area contributed by atoms with Crippen LogP contribution in [0, 0.1) is 17.8 Å². The van der Waals surface area contributed by atoms with Gasteiger partial charge in [0.15, 0.2) is 0 Å². The minimum Gasteiger partial charge on any atom is -0.478 e. The van der Waals surface area contributed by atoms with Crippen molar-refractivity contribution in [3.8, 4) is 0 Å². The molecule has 1 saturated heterocycles. The third-order valence-electron chi connectivity index (χ3n) is 5.71. The quantitative estimate of drug-likeness (QED) is 0.762. The van der Waals surface area contributed by atoms with Gasteiger partial charge in [-0.05, 0) is 44.5 Å². The molecule has 0 aromatic heterocycles. The third kappa shape index (κ3) is 3.91. The summed E-state index contributed by atoms with van der Waals surface area (Å²) in [5.74, 6) is 0.469. The maximum atomic E-state index is 12.8. The van der Waals surface area contributed by atoms with Gasteiger partial charge < -0.3 is 14.9 Å². The fraction of sp³-hybridized carbons (Fsp3) is 0.600. The Kier molecular flexibility index (Phi) is 5.63. The fourth-order valence-corrected chi connectivity index (χ4v) is 4.17. The van der Waals surface area contributed by atoms with E-state index in [2.05, 4.69) is 9.80 Å². The molecule has 2 aliphatic rings. The summed E-state index contributed by atoms with van der Waals surface area (Å²) >= 11 is 0. The van der Waals surface area contributed by atoms with Crippen LogP contribution < -0.4 is 0 Å². The Balaban J connectivity index is 1.54. The lowest BCUT2D eigenvalue weighted by Crippen LogP contribution is -2.39. The summed E-state index contributed by atoms with van der Waals surface area (Å²) in [7, 11) is 4.05. The van der Waals surface area contributed by atoms with E-state index in [-0.39, 0.29) is 5.92 Å². The van der Waals surface area contributed by atoms with E-state index in [4.69, 9.17) is 0 Å². The molecule has 0 radical (unpaired) electrons. The first kappa shape index (κ1) is 18.9. The Bertz CT molecular complexity index is 664. The van der Waals surface area contributed by atoms with Crippen molar-refractivity contribution in [2.75, 3.05) is 46.8 Å². The zero-order chi connectivity index (χ0) is 18.8. The van der Waals surface area contributed by atoms with Gasteiger partial charge in [0.25, 0.3) is 0 Å². The van der Waals surface area contributed by atoms with E-state index in [1.165, 1.54) is 0 Å². The highest BCUT2D eigenvalue weighted by atomic mass is 16.4. The molecule has 3 rings (SSSR count). The van der Waals surface area contributed by atoms with Crippen LogP contribution in [0.2, 0.25) is 0 Å². The van der Waals surface area contributed by atoms with Crippen LogP contribution in [0.15, 0.2) is 24.3 Å². The molecule has 1 aromatic carbocycles. The molecule has 26 heavy (non-hydrogen) atoms. The molecule has 1 aliphatic heterocycles. The monoisotopic (exact) mass is 359 g/mol. The lowest BCUT2D eigenvalue weighted by Gasteiger charge is -2.25. The number of amides is 1. The minimum absolute atomic E-state index is 0.170. The van der Waals surface area contributed by atoms with Crippen molar-refractivity contribution in [1.29, 1.82) is 0 Å². The lowest BCUT2D eigenvalue weighted by atomic mass is 10.1. The van der Waals surface area contributed by atoms with Gasteiger partial charge in [-0.25, -0.2) is 4.79 Å². The van der Waals surface area contributed by atoms with E-state index in [0.29, 0.717) is 29.9 Å². The van der Waals surface area contributed by atoms with Gasteiger partial charge in [0.2, 0.25) is 5.91 Å². The Hall–Kier alpha value is -1.92. The van der Waals surface area contributed by atoms with E-state index in [1.807, 2.05) is 38.1 Å². The number of aromatic carboxylic acids is 1. The van der Waals surface area contributed by atoms with Gasteiger partial charge >= 0.3 is 5.97 Å². The average molecular weight is 359 g/mol. The van der Waals surface area contributed by atoms with E-state index in [0.717, 1.165) is 38.3 Å². The van der Waals surface area contributed by atoms with Crippen molar-refractivity contribution in [3.05, 3.63) is 35.4 Å². The molecular formula is C20H29N3O3. The molecule has 6 nitrogen and oxygen atoms in total. The number of likely N-dealkylation sites (tertiary alicyclic amines) is 1. The van der Waals surface area contributed by atoms with Gasteiger partial charge in [0.05, 0.1) is 5.56 Å². The molecule has 1 aliphatic carbocycles. The van der Waals surface area contributed by atoms with Crippen LogP contribution in [0.4, 0.5) is 0 Å². The molecule has 1 aromatic rings. The zero-order valence-electron chi connectivity index (χ0n) is 15.9. The molecule has 0 bridgehead atoms. The highest BCUT2D eigenvalue weighted by Crippen LogP contribution is 2.52. The van der Waals surface area contributed by atoms with Gasteiger partial charge in [0, 0.05) is 45.2 Å². The zero-order valence-corrected chi connectivity index (χ0v) is 15.9. The molecule has 2 fully saturated rings. The van der Waals surface area contributed by atoms with Crippen molar-refractivity contribution >= 4 is 11.9 Å². The third-order valence-corrected chi connectivity index (χ3v) is 5.71. The van der Waals surface area contributed by atoms with Gasteiger partial charge in [-0.2, -0.15) is 0 Å². The number of carboxylic acid groups (broad SMARTS) is 1. The largest absolute Gasteiger partial charge is 0.478 e. The molecule has 1 unspecified atom stereocenters. The summed E-state index contributed by atoms with van der Waals surface area (Å²) in [6, 6.07) is 7.19. The molecule has 1 saturated carbocycles. The van der Waals surface area contributed by atoms with Crippen molar-refractivity contribution in [3.63, 3.8) is 0 Å². The number of hydrogen-bond donors (Lipinski definition) is 1. The number of carbonyl (C=O) groups excluding carboxylic acids is 1. The Labute approximate surface area is 155 Å². The number of benzene rings is 1. The van der Waals surface area contributed by atoms with Crippen molar-refractivity contribution in [2.45, 2.75) is 13.5 Å². The predicted octanol–water partition coefficient (Wildman–Crippen LogP) is 1.47. The molecule has 0 spiro atoms. The number of carboxylic acids is 1. The molecular weight excluding hydrogens is 330 g/mol. The van der Waals surface area contributed by atoms with Crippen molar-refractivity contribution in [1.82, 2.24) is 14.7 Å². The Morgan fingerprint density at radius 2 is 1.81 bits per heavy atom. The van der Waals surface area contributed by atoms with E-state index < -0.39 is 5.97 Å². The van der Waals surface area contributed by atoms with E-state index in [1.54, 1.807) is 12.1 Å². The van der Waals surface area contributed by atoms with Crippen molar-refractivity contribution in [2.24, 2.45) is 17.8 Å². The second-order valence-corrected chi connectivity index (χ2v) is 7.73. The highest BCUT2D eigenvalue weighted by molar-refractivity contribution is 5.89. The smallest absolute Gasteiger partial charge is 0.336 e. The van der Waals surface area contributed by atoms with Gasteiger partial charge in [-0.3, -0.25) is 9.69 Å². The van der Waals surface area contributed by atoms with Crippen LogP contribution in [-0.2, 0) is 11.3 Å². The van der Waals surface area contributed by atoms with E-state index in [9.17, 15) is 14.7 Å². The van der Waals surface area contributed by atoms with Crippen molar-refractivity contribution < 1.29 is 14.7 Å². The number of nitrogens with zero attached hydrogens (tertiary/aromatic N) is 3. The number of piperidine rings is 1. The Morgan fingerprint density at radius 1 is 1.15 bits per heavy atom.